The molecule has 0 amide bonds. The van der Waals surface area contributed by atoms with Crippen molar-refractivity contribution in [2.75, 3.05) is 0 Å². The molecular weight excluding hydrogens is 162 g/mol. The number of aromatic nitrogens is 2. The Morgan fingerprint density at radius 2 is 2.45 bits per heavy atom. The number of nitrogens with zero attached hydrogens (tertiary/aromatic N) is 2. The van der Waals surface area contributed by atoms with Gasteiger partial charge in [-0.2, -0.15) is 0 Å². The molecule has 0 radical (unpaired) electrons. The maximum absolute atomic E-state index is 5.54. The molecule has 11 heavy (non-hydrogen) atoms. The van der Waals surface area contributed by atoms with Crippen LogP contribution in [0.3, 0.4) is 0 Å². The number of hydrogen-bond acceptors (Lipinski definition) is 2. The minimum absolute atomic E-state index is 0.344. The molecule has 1 aromatic rings. The van der Waals surface area contributed by atoms with E-state index in [9.17, 15) is 0 Å². The van der Waals surface area contributed by atoms with Gasteiger partial charge >= 0.3 is 0 Å². The number of hydrogen-bond donors (Lipinski definition) is 1. The van der Waals surface area contributed by atoms with Crippen molar-refractivity contribution in [1.82, 2.24) is 9.97 Å². The molecule has 0 saturated carbocycles. The summed E-state index contributed by atoms with van der Waals surface area (Å²) in [6.45, 7) is 6.95. The summed E-state index contributed by atoms with van der Waals surface area (Å²) in [5, 5.41) is 0. The second-order valence-corrected chi connectivity index (χ2v) is 2.18. The largest absolute Gasteiger partial charge is 0.340 e. The number of aliphatic imine (C=N–C) groups is 1. The van der Waals surface area contributed by atoms with Crippen LogP contribution in [0.15, 0.2) is 11.6 Å². The van der Waals surface area contributed by atoms with Gasteiger partial charge in [-0.05, 0) is 12.8 Å². The highest BCUT2D eigenvalue weighted by Gasteiger charge is 2.03. The van der Waals surface area contributed by atoms with Gasteiger partial charge in [0, 0.05) is 0 Å². The van der Waals surface area contributed by atoms with E-state index in [2.05, 4.69) is 28.3 Å². The molecule has 0 aromatic carbocycles. The lowest BCUT2D eigenvalue weighted by molar-refractivity contribution is 1.11. The highest BCUT2D eigenvalue weighted by Crippen LogP contribution is 2.16. The quantitative estimate of drug-likeness (QED) is 0.547. The zero-order valence-electron chi connectivity index (χ0n) is 5.97. The van der Waals surface area contributed by atoms with Crippen LogP contribution in [0.5, 0.6) is 0 Å². The maximum Gasteiger partial charge on any atom is 0.177 e. The van der Waals surface area contributed by atoms with Gasteiger partial charge in [0.15, 0.2) is 5.82 Å². The first kappa shape index (κ1) is 8.01. The monoisotopic (exact) mass is 169 g/mol. The molecule has 0 aliphatic heterocycles. The van der Waals surface area contributed by atoms with E-state index >= 15 is 0 Å². The number of halogens is 1. The fourth-order valence-corrected chi connectivity index (χ4v) is 0.880. The predicted molar refractivity (Wildman–Crippen MR) is 47.4 cm³/mol. The highest BCUT2D eigenvalue weighted by atomic mass is 35.5. The van der Waals surface area contributed by atoms with Gasteiger partial charge in [-0.1, -0.05) is 6.58 Å². The zero-order chi connectivity index (χ0) is 8.27. The molecule has 0 bridgehead atoms. The summed E-state index contributed by atoms with van der Waals surface area (Å²) in [6.07, 6.45) is 1.63. The van der Waals surface area contributed by atoms with Crippen molar-refractivity contribution in [3.63, 3.8) is 0 Å². The summed E-state index contributed by atoms with van der Waals surface area (Å²) < 4.78 is 0. The van der Waals surface area contributed by atoms with Gasteiger partial charge in [-0.25, -0.2) is 9.98 Å². The van der Waals surface area contributed by atoms with Crippen LogP contribution in [0.4, 0.5) is 5.82 Å². The molecule has 0 spiro atoms. The number of nitrogens with one attached hydrogen (secondary N) is 1. The van der Waals surface area contributed by atoms with Gasteiger partial charge in [0.2, 0.25) is 0 Å². The number of imidazole rings is 1. The summed E-state index contributed by atoms with van der Waals surface area (Å²) in [5.41, 5.74) is 0.760. The van der Waals surface area contributed by atoms with Gasteiger partial charge in [0.05, 0.1) is 11.6 Å². The summed E-state index contributed by atoms with van der Waals surface area (Å²) >= 11 is 5.54. The van der Waals surface area contributed by atoms with E-state index in [0.29, 0.717) is 17.5 Å². The minimum atomic E-state index is 0.344. The number of H-pyrrole nitrogens is 1. The summed E-state index contributed by atoms with van der Waals surface area (Å²) in [6, 6.07) is 0. The van der Waals surface area contributed by atoms with Crippen LogP contribution in [0.2, 0.25) is 0 Å². The lowest BCUT2D eigenvalue weighted by Gasteiger charge is -1.83. The van der Waals surface area contributed by atoms with E-state index in [1.165, 1.54) is 0 Å². The molecule has 4 heteroatoms. The second-order valence-electron chi connectivity index (χ2n) is 1.92. The highest BCUT2D eigenvalue weighted by molar-refractivity contribution is 6.16. The van der Waals surface area contributed by atoms with Crippen molar-refractivity contribution < 1.29 is 0 Å². The molecule has 0 aliphatic rings. The van der Waals surface area contributed by atoms with Crippen molar-refractivity contribution in [1.29, 1.82) is 0 Å². The van der Waals surface area contributed by atoms with Gasteiger partial charge < -0.3 is 4.98 Å². The average molecular weight is 170 g/mol. The van der Waals surface area contributed by atoms with Crippen LogP contribution in [-0.2, 0) is 5.88 Å². The molecule has 0 aliphatic carbocycles. The smallest absolute Gasteiger partial charge is 0.177 e. The molecule has 58 valence electrons. The second kappa shape index (κ2) is 3.34. The third-order valence-corrected chi connectivity index (χ3v) is 1.49. The van der Waals surface area contributed by atoms with Crippen LogP contribution in [0, 0.1) is 0 Å². The van der Waals surface area contributed by atoms with E-state index in [1.54, 1.807) is 6.08 Å². The Balaban J connectivity index is 3.11. The third-order valence-electron chi connectivity index (χ3n) is 1.24. The first-order valence-corrected chi connectivity index (χ1v) is 3.59. The van der Waals surface area contributed by atoms with Crippen molar-refractivity contribution >= 4 is 30.2 Å². The Hall–Kier alpha value is -1.09. The van der Waals surface area contributed by atoms with Crippen LogP contribution in [0.25, 0.3) is 6.08 Å². The van der Waals surface area contributed by atoms with Gasteiger partial charge in [0.1, 0.15) is 5.82 Å². The number of aromatic amines is 1. The Kier molecular flexibility index (Phi) is 2.44. The normalized spacial score (nSPS) is 9.55. The summed E-state index contributed by atoms with van der Waals surface area (Å²) in [5.74, 6) is 1.58. The van der Waals surface area contributed by atoms with E-state index in [1.807, 2.05) is 0 Å². The molecule has 0 fully saturated rings. The molecule has 0 saturated heterocycles. The summed E-state index contributed by atoms with van der Waals surface area (Å²) in [4.78, 5) is 10.7. The third kappa shape index (κ3) is 1.49. The number of rotatable bonds is 3. The van der Waals surface area contributed by atoms with Crippen LogP contribution < -0.4 is 0 Å². The molecule has 1 aromatic heterocycles. The van der Waals surface area contributed by atoms with E-state index in [-0.39, 0.29) is 0 Å². The standard InChI is InChI=1S/C7H8ClN3/c1-3-5-7(9-2)11-6(4-8)10-5/h3H,1-2,4H2,(H,10,11). The molecule has 0 unspecified atom stereocenters. The average Bonchev–Trinajstić information content (AvgIpc) is 2.46. The van der Waals surface area contributed by atoms with Gasteiger partial charge in [-0.15, -0.1) is 11.6 Å². The summed E-state index contributed by atoms with van der Waals surface area (Å²) in [7, 11) is 0. The SMILES string of the molecule is C=Cc1[nH]c(CCl)nc1N=C. The zero-order valence-corrected chi connectivity index (χ0v) is 6.73. The molecular formula is C7H8ClN3. The van der Waals surface area contributed by atoms with Crippen molar-refractivity contribution in [3.05, 3.63) is 18.1 Å². The fraction of sp³-hybridized carbons (Fsp3) is 0.143. The Morgan fingerprint density at radius 1 is 1.73 bits per heavy atom. The van der Waals surface area contributed by atoms with Gasteiger partial charge in [0.25, 0.3) is 0 Å². The minimum Gasteiger partial charge on any atom is -0.340 e. The fourth-order valence-electron chi connectivity index (χ4n) is 0.753. The topological polar surface area (TPSA) is 41.0 Å². The van der Waals surface area contributed by atoms with Crippen LogP contribution in [0.1, 0.15) is 11.5 Å². The first-order valence-electron chi connectivity index (χ1n) is 3.05. The predicted octanol–water partition coefficient (Wildman–Crippen LogP) is 2.12. The first-order chi connectivity index (χ1) is 5.31. The number of alkyl halides is 1. The molecule has 1 heterocycles. The molecule has 3 nitrogen and oxygen atoms in total. The van der Waals surface area contributed by atoms with Crippen molar-refractivity contribution in [3.8, 4) is 0 Å². The van der Waals surface area contributed by atoms with Crippen molar-refractivity contribution in [2.24, 2.45) is 4.99 Å². The lowest BCUT2D eigenvalue weighted by atomic mass is 10.4. The Bertz CT molecular complexity index is 252. The van der Waals surface area contributed by atoms with Gasteiger partial charge in [-0.3, -0.25) is 0 Å². The van der Waals surface area contributed by atoms with E-state index in [4.69, 9.17) is 11.6 Å². The Labute approximate surface area is 69.8 Å². The van der Waals surface area contributed by atoms with Crippen LogP contribution >= 0.6 is 11.6 Å². The molecule has 1 rings (SSSR count). The van der Waals surface area contributed by atoms with Crippen LogP contribution in [-0.4, -0.2) is 16.7 Å². The molecule has 1 N–H and O–H groups in total. The lowest BCUT2D eigenvalue weighted by Crippen LogP contribution is -1.78. The molecule has 0 atom stereocenters. The van der Waals surface area contributed by atoms with E-state index in [0.717, 1.165) is 5.69 Å². The van der Waals surface area contributed by atoms with Crippen molar-refractivity contribution in [2.45, 2.75) is 5.88 Å². The van der Waals surface area contributed by atoms with E-state index < -0.39 is 0 Å². The maximum atomic E-state index is 5.54. The Morgan fingerprint density at radius 3 is 2.82 bits per heavy atom.